The first-order valence-electron chi connectivity index (χ1n) is 5.53. The fraction of sp³-hybridized carbons (Fsp3) is 0.500. The lowest BCUT2D eigenvalue weighted by molar-refractivity contribution is 0.522. The van der Waals surface area contributed by atoms with E-state index >= 15 is 0 Å². The van der Waals surface area contributed by atoms with Gasteiger partial charge in [-0.1, -0.05) is 24.4 Å². The SMILES string of the molecule is Fc1cc(CNC2CCCC2)c(Cl)cc1Br. The summed E-state index contributed by atoms with van der Waals surface area (Å²) >= 11 is 9.17. The van der Waals surface area contributed by atoms with Crippen molar-refractivity contribution >= 4 is 27.5 Å². The first kappa shape index (κ1) is 12.3. The smallest absolute Gasteiger partial charge is 0.137 e. The summed E-state index contributed by atoms with van der Waals surface area (Å²) in [5.74, 6) is -0.257. The first-order chi connectivity index (χ1) is 7.66. The molecule has 0 aromatic heterocycles. The highest BCUT2D eigenvalue weighted by atomic mass is 79.9. The van der Waals surface area contributed by atoms with Gasteiger partial charge in [-0.15, -0.1) is 0 Å². The molecule has 0 saturated heterocycles. The molecule has 1 saturated carbocycles. The molecule has 1 aliphatic rings. The quantitative estimate of drug-likeness (QED) is 0.822. The molecular weight excluding hydrogens is 292 g/mol. The Morgan fingerprint density at radius 3 is 2.75 bits per heavy atom. The zero-order valence-electron chi connectivity index (χ0n) is 8.90. The van der Waals surface area contributed by atoms with Crippen molar-refractivity contribution < 1.29 is 4.39 Å². The molecule has 0 bridgehead atoms. The van der Waals surface area contributed by atoms with Crippen molar-refractivity contribution in [2.45, 2.75) is 38.3 Å². The van der Waals surface area contributed by atoms with Gasteiger partial charge in [-0.3, -0.25) is 0 Å². The molecule has 1 nitrogen and oxygen atoms in total. The molecule has 1 aromatic rings. The lowest BCUT2D eigenvalue weighted by Crippen LogP contribution is -2.25. The van der Waals surface area contributed by atoms with E-state index in [-0.39, 0.29) is 5.82 Å². The second-order valence-electron chi connectivity index (χ2n) is 4.22. The van der Waals surface area contributed by atoms with Crippen LogP contribution < -0.4 is 5.32 Å². The van der Waals surface area contributed by atoms with Gasteiger partial charge in [0.15, 0.2) is 0 Å². The van der Waals surface area contributed by atoms with E-state index in [1.165, 1.54) is 31.7 Å². The van der Waals surface area contributed by atoms with Gasteiger partial charge in [0.2, 0.25) is 0 Å². The maximum absolute atomic E-state index is 13.3. The molecule has 0 spiro atoms. The minimum absolute atomic E-state index is 0.257. The second-order valence-corrected chi connectivity index (χ2v) is 5.48. The van der Waals surface area contributed by atoms with Crippen molar-refractivity contribution in [1.82, 2.24) is 5.32 Å². The van der Waals surface area contributed by atoms with Crippen LogP contribution in [0.15, 0.2) is 16.6 Å². The lowest BCUT2D eigenvalue weighted by Gasteiger charge is -2.13. The van der Waals surface area contributed by atoms with Gasteiger partial charge in [0.1, 0.15) is 5.82 Å². The molecule has 0 unspecified atom stereocenters. The molecule has 1 aromatic carbocycles. The predicted octanol–water partition coefficient (Wildman–Crippen LogP) is 4.27. The Hall–Kier alpha value is -0.120. The number of halogens is 3. The van der Waals surface area contributed by atoms with Gasteiger partial charge in [0.25, 0.3) is 0 Å². The summed E-state index contributed by atoms with van der Waals surface area (Å²) in [6, 6.07) is 3.68. The topological polar surface area (TPSA) is 12.0 Å². The van der Waals surface area contributed by atoms with E-state index in [0.717, 1.165) is 5.56 Å². The second kappa shape index (κ2) is 5.48. The van der Waals surface area contributed by atoms with Crippen molar-refractivity contribution in [2.75, 3.05) is 0 Å². The summed E-state index contributed by atoms with van der Waals surface area (Å²) in [7, 11) is 0. The Morgan fingerprint density at radius 2 is 2.06 bits per heavy atom. The van der Waals surface area contributed by atoms with Crippen LogP contribution >= 0.6 is 27.5 Å². The number of nitrogens with one attached hydrogen (secondary N) is 1. The van der Waals surface area contributed by atoms with E-state index in [0.29, 0.717) is 22.1 Å². The van der Waals surface area contributed by atoms with E-state index in [1.807, 2.05) is 0 Å². The molecular formula is C12H14BrClFN. The van der Waals surface area contributed by atoms with E-state index in [9.17, 15) is 4.39 Å². The van der Waals surface area contributed by atoms with Gasteiger partial charge in [0, 0.05) is 17.6 Å². The van der Waals surface area contributed by atoms with Crippen LogP contribution in [0.3, 0.4) is 0 Å². The molecule has 0 aliphatic heterocycles. The molecule has 4 heteroatoms. The Balaban J connectivity index is 2.00. The maximum atomic E-state index is 13.3. The maximum Gasteiger partial charge on any atom is 0.137 e. The Kier molecular flexibility index (Phi) is 4.22. The molecule has 0 amide bonds. The highest BCUT2D eigenvalue weighted by Crippen LogP contribution is 2.25. The van der Waals surface area contributed by atoms with Crippen molar-refractivity contribution in [2.24, 2.45) is 0 Å². The van der Waals surface area contributed by atoms with Gasteiger partial charge in [-0.25, -0.2) is 4.39 Å². The van der Waals surface area contributed by atoms with Crippen LogP contribution in [0.25, 0.3) is 0 Å². The van der Waals surface area contributed by atoms with E-state index < -0.39 is 0 Å². The summed E-state index contributed by atoms with van der Waals surface area (Å²) in [6.45, 7) is 0.647. The molecule has 1 fully saturated rings. The van der Waals surface area contributed by atoms with Gasteiger partial charge in [0.05, 0.1) is 4.47 Å². The van der Waals surface area contributed by atoms with E-state index in [4.69, 9.17) is 11.6 Å². The third-order valence-electron chi connectivity index (χ3n) is 3.03. The fourth-order valence-corrected chi connectivity index (χ4v) is 2.79. The molecule has 16 heavy (non-hydrogen) atoms. The molecule has 0 heterocycles. The first-order valence-corrected chi connectivity index (χ1v) is 6.70. The molecule has 1 N–H and O–H groups in total. The van der Waals surface area contributed by atoms with E-state index in [2.05, 4.69) is 21.2 Å². The molecule has 88 valence electrons. The monoisotopic (exact) mass is 305 g/mol. The van der Waals surface area contributed by atoms with Gasteiger partial charge >= 0.3 is 0 Å². The largest absolute Gasteiger partial charge is 0.310 e. The number of rotatable bonds is 3. The van der Waals surface area contributed by atoms with Crippen LogP contribution in [-0.4, -0.2) is 6.04 Å². The highest BCUT2D eigenvalue weighted by molar-refractivity contribution is 9.10. The summed E-state index contributed by atoms with van der Waals surface area (Å²) < 4.78 is 13.7. The Labute approximate surface area is 109 Å². The third-order valence-corrected chi connectivity index (χ3v) is 3.99. The highest BCUT2D eigenvalue weighted by Gasteiger charge is 2.15. The van der Waals surface area contributed by atoms with Crippen LogP contribution in [0, 0.1) is 5.82 Å². The molecule has 1 aliphatic carbocycles. The minimum Gasteiger partial charge on any atom is -0.310 e. The van der Waals surface area contributed by atoms with Gasteiger partial charge in [-0.2, -0.15) is 0 Å². The van der Waals surface area contributed by atoms with Crippen molar-refractivity contribution in [3.63, 3.8) is 0 Å². The fourth-order valence-electron chi connectivity index (χ4n) is 2.08. The number of benzene rings is 1. The molecule has 2 rings (SSSR count). The van der Waals surface area contributed by atoms with Crippen LogP contribution in [0.4, 0.5) is 4.39 Å². The summed E-state index contributed by atoms with van der Waals surface area (Å²) in [6.07, 6.45) is 5.02. The van der Waals surface area contributed by atoms with Gasteiger partial charge < -0.3 is 5.32 Å². The van der Waals surface area contributed by atoms with Crippen LogP contribution in [0.2, 0.25) is 5.02 Å². The number of hydrogen-bond donors (Lipinski definition) is 1. The average molecular weight is 307 g/mol. The van der Waals surface area contributed by atoms with E-state index in [1.54, 1.807) is 6.07 Å². The standard InChI is InChI=1S/C12H14BrClFN/c13-10-6-11(14)8(5-12(10)15)7-16-9-3-1-2-4-9/h5-6,9,16H,1-4,7H2. The molecule has 0 radical (unpaired) electrons. The zero-order valence-corrected chi connectivity index (χ0v) is 11.2. The summed E-state index contributed by atoms with van der Waals surface area (Å²) in [5.41, 5.74) is 0.828. The Bertz CT molecular complexity index is 378. The average Bonchev–Trinajstić information content (AvgIpc) is 2.74. The van der Waals surface area contributed by atoms with Crippen LogP contribution in [0.1, 0.15) is 31.2 Å². The minimum atomic E-state index is -0.257. The Morgan fingerprint density at radius 1 is 1.38 bits per heavy atom. The van der Waals surface area contributed by atoms with Crippen LogP contribution in [-0.2, 0) is 6.54 Å². The van der Waals surface area contributed by atoms with Gasteiger partial charge in [-0.05, 0) is 46.5 Å². The normalized spacial score (nSPS) is 16.9. The number of hydrogen-bond acceptors (Lipinski definition) is 1. The zero-order chi connectivity index (χ0) is 11.5. The van der Waals surface area contributed by atoms with Crippen molar-refractivity contribution in [3.05, 3.63) is 33.0 Å². The van der Waals surface area contributed by atoms with Crippen molar-refractivity contribution in [3.8, 4) is 0 Å². The lowest BCUT2D eigenvalue weighted by atomic mass is 10.2. The predicted molar refractivity (Wildman–Crippen MR) is 68.2 cm³/mol. The third kappa shape index (κ3) is 2.96. The summed E-state index contributed by atoms with van der Waals surface area (Å²) in [4.78, 5) is 0. The molecule has 0 atom stereocenters. The summed E-state index contributed by atoms with van der Waals surface area (Å²) in [5, 5.41) is 4.03. The van der Waals surface area contributed by atoms with Crippen LogP contribution in [0.5, 0.6) is 0 Å². The van der Waals surface area contributed by atoms with Crippen molar-refractivity contribution in [1.29, 1.82) is 0 Å².